The first kappa shape index (κ1) is 11.5. The summed E-state index contributed by atoms with van der Waals surface area (Å²) in [7, 11) is 0. The zero-order valence-corrected chi connectivity index (χ0v) is 10.5. The monoisotopic (exact) mass is 248 g/mol. The number of nitrogens with zero attached hydrogens (tertiary/aromatic N) is 2. The van der Waals surface area contributed by atoms with Crippen LogP contribution in [0.5, 0.6) is 0 Å². The van der Waals surface area contributed by atoms with Gasteiger partial charge in [-0.15, -0.1) is 0 Å². The number of carbonyl (C=O) groups is 1. The molecule has 0 bridgehead atoms. The Balaban J connectivity index is 2.20. The summed E-state index contributed by atoms with van der Waals surface area (Å²) in [6, 6.07) is 11.2. The molecule has 3 aromatic rings. The minimum Gasteiger partial charge on any atom is -0.289 e. The lowest BCUT2D eigenvalue weighted by Crippen LogP contribution is -2.05. The standard InChI is InChI=1S/C16H12N2O/c1-11-13(6-3-8-18-11)16(19)14-5-2-4-12-7-9-17-10-15(12)14/h2-10H,1H3. The number of pyridine rings is 2. The molecule has 0 aliphatic heterocycles. The summed E-state index contributed by atoms with van der Waals surface area (Å²) in [6.07, 6.45) is 5.15. The second-order valence-electron chi connectivity index (χ2n) is 4.37. The third-order valence-electron chi connectivity index (χ3n) is 3.18. The number of fused-ring (bicyclic) bond motifs is 1. The fraction of sp³-hybridized carbons (Fsp3) is 0.0625. The second-order valence-corrected chi connectivity index (χ2v) is 4.37. The summed E-state index contributed by atoms with van der Waals surface area (Å²) in [4.78, 5) is 20.9. The van der Waals surface area contributed by atoms with Crippen molar-refractivity contribution in [1.82, 2.24) is 9.97 Å². The van der Waals surface area contributed by atoms with E-state index in [1.54, 1.807) is 30.7 Å². The minimum absolute atomic E-state index is 0.01000. The highest BCUT2D eigenvalue weighted by Crippen LogP contribution is 2.21. The molecule has 19 heavy (non-hydrogen) atoms. The number of hydrogen-bond donors (Lipinski definition) is 0. The zero-order valence-electron chi connectivity index (χ0n) is 10.5. The van der Waals surface area contributed by atoms with E-state index in [0.29, 0.717) is 11.1 Å². The number of ketones is 1. The highest BCUT2D eigenvalue weighted by molar-refractivity contribution is 6.16. The Kier molecular flexibility index (Phi) is 2.80. The van der Waals surface area contributed by atoms with Gasteiger partial charge in [-0.05, 0) is 30.5 Å². The van der Waals surface area contributed by atoms with Gasteiger partial charge in [0.15, 0.2) is 5.78 Å². The van der Waals surface area contributed by atoms with Crippen LogP contribution in [0.25, 0.3) is 10.8 Å². The molecule has 1 aromatic carbocycles. The first-order valence-corrected chi connectivity index (χ1v) is 6.06. The molecule has 0 spiro atoms. The fourth-order valence-corrected chi connectivity index (χ4v) is 2.18. The number of aromatic nitrogens is 2. The average Bonchev–Trinajstić information content (AvgIpc) is 2.46. The Bertz CT molecular complexity index is 760. The van der Waals surface area contributed by atoms with Crippen LogP contribution in [-0.2, 0) is 0 Å². The lowest BCUT2D eigenvalue weighted by Gasteiger charge is -2.07. The van der Waals surface area contributed by atoms with Crippen LogP contribution in [0.4, 0.5) is 0 Å². The summed E-state index contributed by atoms with van der Waals surface area (Å²) in [6.45, 7) is 1.84. The minimum atomic E-state index is -0.01000. The number of rotatable bonds is 2. The zero-order chi connectivity index (χ0) is 13.2. The first-order valence-electron chi connectivity index (χ1n) is 6.06. The van der Waals surface area contributed by atoms with Crippen LogP contribution in [0.2, 0.25) is 0 Å². The summed E-state index contributed by atoms with van der Waals surface area (Å²) >= 11 is 0. The Morgan fingerprint density at radius 3 is 2.68 bits per heavy atom. The van der Waals surface area contributed by atoms with E-state index >= 15 is 0 Å². The van der Waals surface area contributed by atoms with Gasteiger partial charge in [-0.25, -0.2) is 0 Å². The number of hydrogen-bond acceptors (Lipinski definition) is 3. The summed E-state index contributed by atoms with van der Waals surface area (Å²) in [5.74, 6) is -0.01000. The third-order valence-corrected chi connectivity index (χ3v) is 3.18. The Morgan fingerprint density at radius 1 is 1.00 bits per heavy atom. The SMILES string of the molecule is Cc1ncccc1C(=O)c1cccc2ccncc12. The van der Waals surface area contributed by atoms with Crippen LogP contribution in [-0.4, -0.2) is 15.8 Å². The predicted octanol–water partition coefficient (Wildman–Crippen LogP) is 3.17. The maximum atomic E-state index is 12.6. The van der Waals surface area contributed by atoms with E-state index < -0.39 is 0 Å². The molecular weight excluding hydrogens is 236 g/mol. The van der Waals surface area contributed by atoms with Gasteiger partial charge >= 0.3 is 0 Å². The normalized spacial score (nSPS) is 10.6. The van der Waals surface area contributed by atoms with Gasteiger partial charge in [0.25, 0.3) is 0 Å². The lowest BCUT2D eigenvalue weighted by atomic mass is 9.98. The van der Waals surface area contributed by atoms with Gasteiger partial charge in [0, 0.05) is 40.8 Å². The molecule has 2 aromatic heterocycles. The summed E-state index contributed by atoms with van der Waals surface area (Å²) in [5, 5.41) is 1.89. The Hall–Kier alpha value is -2.55. The summed E-state index contributed by atoms with van der Waals surface area (Å²) in [5.41, 5.74) is 2.05. The van der Waals surface area contributed by atoms with Crippen molar-refractivity contribution in [1.29, 1.82) is 0 Å². The summed E-state index contributed by atoms with van der Waals surface area (Å²) < 4.78 is 0. The van der Waals surface area contributed by atoms with E-state index in [0.717, 1.165) is 16.5 Å². The smallest absolute Gasteiger partial charge is 0.195 e. The molecule has 3 nitrogen and oxygen atoms in total. The molecule has 0 aliphatic carbocycles. The van der Waals surface area contributed by atoms with Gasteiger partial charge in [0.1, 0.15) is 0 Å². The van der Waals surface area contributed by atoms with E-state index in [2.05, 4.69) is 9.97 Å². The first-order chi connectivity index (χ1) is 9.27. The van der Waals surface area contributed by atoms with Crippen LogP contribution in [0, 0.1) is 6.92 Å². The van der Waals surface area contributed by atoms with E-state index in [1.807, 2.05) is 31.2 Å². The van der Waals surface area contributed by atoms with Gasteiger partial charge in [0.05, 0.1) is 0 Å². The molecule has 0 saturated heterocycles. The molecule has 2 heterocycles. The van der Waals surface area contributed by atoms with Crippen molar-refractivity contribution in [3.05, 3.63) is 71.8 Å². The van der Waals surface area contributed by atoms with Crippen molar-refractivity contribution in [2.45, 2.75) is 6.92 Å². The molecule has 0 N–H and O–H groups in total. The largest absolute Gasteiger partial charge is 0.289 e. The van der Waals surface area contributed by atoms with Gasteiger partial charge in [-0.3, -0.25) is 14.8 Å². The van der Waals surface area contributed by atoms with Gasteiger partial charge in [-0.1, -0.05) is 18.2 Å². The van der Waals surface area contributed by atoms with Crippen LogP contribution >= 0.6 is 0 Å². The van der Waals surface area contributed by atoms with E-state index in [1.165, 1.54) is 0 Å². The Labute approximate surface area is 111 Å². The lowest BCUT2D eigenvalue weighted by molar-refractivity contribution is 0.103. The van der Waals surface area contributed by atoms with Crippen molar-refractivity contribution in [2.75, 3.05) is 0 Å². The molecule has 3 rings (SSSR count). The molecule has 0 amide bonds. The van der Waals surface area contributed by atoms with Gasteiger partial charge in [-0.2, -0.15) is 0 Å². The molecule has 0 radical (unpaired) electrons. The van der Waals surface area contributed by atoms with Gasteiger partial charge < -0.3 is 0 Å². The third kappa shape index (κ3) is 1.99. The van der Waals surface area contributed by atoms with Crippen molar-refractivity contribution >= 4 is 16.6 Å². The van der Waals surface area contributed by atoms with Crippen LogP contribution in [0.3, 0.4) is 0 Å². The van der Waals surface area contributed by atoms with Crippen molar-refractivity contribution in [3.63, 3.8) is 0 Å². The topological polar surface area (TPSA) is 42.9 Å². The van der Waals surface area contributed by atoms with E-state index in [9.17, 15) is 4.79 Å². The molecule has 0 saturated carbocycles. The number of aryl methyl sites for hydroxylation is 1. The molecule has 0 unspecified atom stereocenters. The number of benzene rings is 1. The Morgan fingerprint density at radius 2 is 1.84 bits per heavy atom. The van der Waals surface area contributed by atoms with Crippen LogP contribution in [0.1, 0.15) is 21.6 Å². The predicted molar refractivity (Wildman–Crippen MR) is 74.1 cm³/mol. The fourth-order valence-electron chi connectivity index (χ4n) is 2.18. The van der Waals surface area contributed by atoms with Crippen molar-refractivity contribution in [3.8, 4) is 0 Å². The number of carbonyl (C=O) groups excluding carboxylic acids is 1. The molecule has 0 fully saturated rings. The maximum absolute atomic E-state index is 12.6. The molecule has 0 atom stereocenters. The average molecular weight is 248 g/mol. The molecule has 3 heteroatoms. The molecular formula is C16H12N2O. The maximum Gasteiger partial charge on any atom is 0.195 e. The van der Waals surface area contributed by atoms with Crippen molar-refractivity contribution in [2.24, 2.45) is 0 Å². The van der Waals surface area contributed by atoms with E-state index in [4.69, 9.17) is 0 Å². The van der Waals surface area contributed by atoms with Crippen LogP contribution in [0.15, 0.2) is 55.0 Å². The quantitative estimate of drug-likeness (QED) is 0.654. The van der Waals surface area contributed by atoms with Crippen LogP contribution < -0.4 is 0 Å². The highest BCUT2D eigenvalue weighted by Gasteiger charge is 2.14. The highest BCUT2D eigenvalue weighted by atomic mass is 16.1. The molecule has 92 valence electrons. The second kappa shape index (κ2) is 4.61. The van der Waals surface area contributed by atoms with Crippen molar-refractivity contribution < 1.29 is 4.79 Å². The van der Waals surface area contributed by atoms with E-state index in [-0.39, 0.29) is 5.78 Å². The molecule has 0 aliphatic rings. The van der Waals surface area contributed by atoms with Gasteiger partial charge in [0.2, 0.25) is 0 Å².